The molecule has 1 saturated heterocycles. The zero-order valence-corrected chi connectivity index (χ0v) is 13.1. The van der Waals surface area contributed by atoms with Crippen molar-refractivity contribution in [1.82, 2.24) is 5.32 Å². The molecule has 0 saturated carbocycles. The molecule has 1 heterocycles. The minimum Gasteiger partial charge on any atom is -0.371 e. The number of halogens is 1. The fourth-order valence-corrected chi connectivity index (χ4v) is 3.13. The summed E-state index contributed by atoms with van der Waals surface area (Å²) in [5.41, 5.74) is 1.81. The molecule has 20 heavy (non-hydrogen) atoms. The minimum absolute atomic E-state index is 0.0438. The lowest BCUT2D eigenvalue weighted by molar-refractivity contribution is -0.119. The summed E-state index contributed by atoms with van der Waals surface area (Å²) in [6.45, 7) is 4.30. The highest BCUT2D eigenvalue weighted by Crippen LogP contribution is 2.30. The molecule has 5 heteroatoms. The Labute approximate surface area is 127 Å². The van der Waals surface area contributed by atoms with Gasteiger partial charge in [0, 0.05) is 31.0 Å². The first kappa shape index (κ1) is 14.9. The molecule has 0 bridgehead atoms. The average molecular weight is 336 g/mol. The topological polar surface area (TPSA) is 56.1 Å². The largest absolute Gasteiger partial charge is 0.371 e. The van der Waals surface area contributed by atoms with E-state index in [1.807, 2.05) is 18.2 Å². The first-order valence-electron chi connectivity index (χ1n) is 6.79. The molecule has 0 atom stereocenters. The fourth-order valence-electron chi connectivity index (χ4n) is 2.50. The lowest BCUT2D eigenvalue weighted by Crippen LogP contribution is -2.38. The Kier molecular flexibility index (Phi) is 5.02. The van der Waals surface area contributed by atoms with Gasteiger partial charge < -0.3 is 10.2 Å². The molecule has 0 unspecified atom stereocenters. The Morgan fingerprint density at radius 3 is 2.75 bits per heavy atom. The van der Waals surface area contributed by atoms with Crippen LogP contribution in [0, 0.1) is 17.2 Å². The van der Waals surface area contributed by atoms with Crippen molar-refractivity contribution in [2.45, 2.75) is 19.8 Å². The molecule has 2 rings (SSSR count). The lowest BCUT2D eigenvalue weighted by atomic mass is 9.96. The number of nitrogens with zero attached hydrogens (tertiary/aromatic N) is 2. The summed E-state index contributed by atoms with van der Waals surface area (Å²) in [7, 11) is 0. The molecule has 1 aromatic rings. The second-order valence-electron chi connectivity index (χ2n) is 5.15. The highest BCUT2D eigenvalue weighted by Gasteiger charge is 2.20. The van der Waals surface area contributed by atoms with Crippen LogP contribution in [0.2, 0.25) is 0 Å². The maximum atomic E-state index is 10.9. The van der Waals surface area contributed by atoms with Crippen molar-refractivity contribution in [3.63, 3.8) is 0 Å². The van der Waals surface area contributed by atoms with Crippen LogP contribution in [0.15, 0.2) is 22.7 Å². The van der Waals surface area contributed by atoms with E-state index >= 15 is 0 Å². The Hall–Kier alpha value is -1.54. The minimum atomic E-state index is 0.0438. The summed E-state index contributed by atoms with van der Waals surface area (Å²) in [6.07, 6.45) is 2.15. The number of anilines is 1. The summed E-state index contributed by atoms with van der Waals surface area (Å²) in [6, 6.07) is 7.85. The van der Waals surface area contributed by atoms with Crippen molar-refractivity contribution < 1.29 is 4.79 Å². The van der Waals surface area contributed by atoms with Crippen LogP contribution < -0.4 is 10.2 Å². The molecular formula is C15H18BrN3O. The van der Waals surface area contributed by atoms with Crippen molar-refractivity contribution in [1.29, 1.82) is 5.26 Å². The summed E-state index contributed by atoms with van der Waals surface area (Å²) in [5.74, 6) is 0.606. The number of carbonyl (C=O) groups excluding carboxylic acids is 1. The van der Waals surface area contributed by atoms with Crippen molar-refractivity contribution in [3.05, 3.63) is 28.2 Å². The van der Waals surface area contributed by atoms with E-state index in [2.05, 4.69) is 32.2 Å². The van der Waals surface area contributed by atoms with Crippen LogP contribution >= 0.6 is 15.9 Å². The Morgan fingerprint density at radius 2 is 2.20 bits per heavy atom. The van der Waals surface area contributed by atoms with Gasteiger partial charge in [0.25, 0.3) is 0 Å². The van der Waals surface area contributed by atoms with Gasteiger partial charge in [-0.15, -0.1) is 0 Å². The van der Waals surface area contributed by atoms with Crippen molar-refractivity contribution in [2.24, 2.45) is 5.92 Å². The standard InChI is InChI=1S/C15H18BrN3O/c1-11(20)18-10-12-4-6-19(7-5-12)15-3-2-13(9-17)8-14(15)16/h2-3,8,12H,4-7,10H2,1H3,(H,18,20). The Bertz CT molecular complexity index is 530. The van der Waals surface area contributed by atoms with Crippen LogP contribution in [-0.4, -0.2) is 25.5 Å². The van der Waals surface area contributed by atoms with Crippen molar-refractivity contribution in [3.8, 4) is 6.07 Å². The molecular weight excluding hydrogens is 318 g/mol. The number of rotatable bonds is 3. The number of nitrogens with one attached hydrogen (secondary N) is 1. The third-order valence-corrected chi connectivity index (χ3v) is 4.31. The van der Waals surface area contributed by atoms with E-state index in [1.54, 1.807) is 6.92 Å². The molecule has 1 fully saturated rings. The van der Waals surface area contributed by atoms with Crippen LogP contribution in [0.4, 0.5) is 5.69 Å². The molecule has 1 N–H and O–H groups in total. The van der Waals surface area contributed by atoms with E-state index in [-0.39, 0.29) is 5.91 Å². The average Bonchev–Trinajstić information content (AvgIpc) is 2.45. The van der Waals surface area contributed by atoms with E-state index in [4.69, 9.17) is 5.26 Å². The number of amides is 1. The van der Waals surface area contributed by atoms with Crippen LogP contribution in [0.5, 0.6) is 0 Å². The molecule has 0 radical (unpaired) electrons. The smallest absolute Gasteiger partial charge is 0.216 e. The van der Waals surface area contributed by atoms with Gasteiger partial charge in [-0.25, -0.2) is 0 Å². The van der Waals surface area contributed by atoms with Gasteiger partial charge in [-0.3, -0.25) is 4.79 Å². The van der Waals surface area contributed by atoms with Crippen LogP contribution in [0.1, 0.15) is 25.3 Å². The summed E-state index contributed by atoms with van der Waals surface area (Å²) in [4.78, 5) is 13.3. The van der Waals surface area contributed by atoms with E-state index in [0.717, 1.165) is 42.6 Å². The van der Waals surface area contributed by atoms with Crippen LogP contribution in [0.25, 0.3) is 0 Å². The third-order valence-electron chi connectivity index (χ3n) is 3.67. The molecule has 0 aliphatic carbocycles. The summed E-state index contributed by atoms with van der Waals surface area (Å²) >= 11 is 3.54. The predicted octanol–water partition coefficient (Wildman–Crippen LogP) is 2.67. The molecule has 0 spiro atoms. The van der Waals surface area contributed by atoms with E-state index in [0.29, 0.717) is 11.5 Å². The number of hydrogen-bond acceptors (Lipinski definition) is 3. The van der Waals surface area contributed by atoms with Gasteiger partial charge in [-0.1, -0.05) is 0 Å². The number of hydrogen-bond donors (Lipinski definition) is 1. The Morgan fingerprint density at radius 1 is 1.50 bits per heavy atom. The van der Waals surface area contributed by atoms with Crippen LogP contribution in [-0.2, 0) is 4.79 Å². The third kappa shape index (κ3) is 3.73. The number of carbonyl (C=O) groups is 1. The number of nitriles is 1. The van der Waals surface area contributed by atoms with Crippen molar-refractivity contribution >= 4 is 27.5 Å². The van der Waals surface area contributed by atoms with E-state index in [1.165, 1.54) is 0 Å². The van der Waals surface area contributed by atoms with E-state index in [9.17, 15) is 4.79 Å². The first-order chi connectivity index (χ1) is 9.60. The second-order valence-corrected chi connectivity index (χ2v) is 6.00. The molecule has 1 amide bonds. The number of benzene rings is 1. The molecule has 1 aliphatic rings. The fraction of sp³-hybridized carbons (Fsp3) is 0.467. The van der Waals surface area contributed by atoms with Gasteiger partial charge in [0.15, 0.2) is 0 Å². The zero-order valence-electron chi connectivity index (χ0n) is 11.5. The normalized spacial score (nSPS) is 15.8. The maximum Gasteiger partial charge on any atom is 0.216 e. The van der Waals surface area contributed by atoms with Gasteiger partial charge in [-0.2, -0.15) is 5.26 Å². The van der Waals surface area contributed by atoms with Crippen LogP contribution in [0.3, 0.4) is 0 Å². The molecule has 106 valence electrons. The molecule has 1 aliphatic heterocycles. The highest BCUT2D eigenvalue weighted by atomic mass is 79.9. The summed E-state index contributed by atoms with van der Waals surface area (Å²) in [5, 5.41) is 11.8. The molecule has 4 nitrogen and oxygen atoms in total. The van der Waals surface area contributed by atoms with Crippen molar-refractivity contribution in [2.75, 3.05) is 24.5 Å². The SMILES string of the molecule is CC(=O)NCC1CCN(c2ccc(C#N)cc2Br)CC1. The Balaban J connectivity index is 1.94. The molecule has 0 aromatic heterocycles. The summed E-state index contributed by atoms with van der Waals surface area (Å²) < 4.78 is 0.969. The molecule has 1 aromatic carbocycles. The zero-order chi connectivity index (χ0) is 14.5. The number of piperidine rings is 1. The van der Waals surface area contributed by atoms with Gasteiger partial charge in [0.2, 0.25) is 5.91 Å². The second kappa shape index (κ2) is 6.76. The monoisotopic (exact) mass is 335 g/mol. The highest BCUT2D eigenvalue weighted by molar-refractivity contribution is 9.10. The van der Waals surface area contributed by atoms with Gasteiger partial charge >= 0.3 is 0 Å². The van der Waals surface area contributed by atoms with Gasteiger partial charge in [-0.05, 0) is 52.9 Å². The van der Waals surface area contributed by atoms with Gasteiger partial charge in [0.1, 0.15) is 0 Å². The maximum absolute atomic E-state index is 10.9. The first-order valence-corrected chi connectivity index (χ1v) is 7.58. The lowest BCUT2D eigenvalue weighted by Gasteiger charge is -2.34. The van der Waals surface area contributed by atoms with E-state index < -0.39 is 0 Å². The predicted molar refractivity (Wildman–Crippen MR) is 82.5 cm³/mol. The quantitative estimate of drug-likeness (QED) is 0.923. The van der Waals surface area contributed by atoms with Gasteiger partial charge in [0.05, 0.1) is 17.3 Å².